The Morgan fingerprint density at radius 2 is 1.83 bits per heavy atom. The quantitative estimate of drug-likeness (QED) is 0.798. The Morgan fingerprint density at radius 1 is 1.17 bits per heavy atom. The zero-order valence-electron chi connectivity index (χ0n) is 13.2. The summed E-state index contributed by atoms with van der Waals surface area (Å²) < 4.78 is 34.3. The third-order valence-electron chi connectivity index (χ3n) is 4.63. The molecule has 2 aliphatic rings. The van der Waals surface area contributed by atoms with E-state index in [9.17, 15) is 13.5 Å². The smallest absolute Gasteiger partial charge is 0.282 e. The molecule has 1 aromatic rings. The van der Waals surface area contributed by atoms with Crippen LogP contribution in [0.2, 0.25) is 0 Å². The van der Waals surface area contributed by atoms with Crippen molar-refractivity contribution in [3.05, 3.63) is 35.9 Å². The monoisotopic (exact) mass is 340 g/mol. The fourth-order valence-corrected chi connectivity index (χ4v) is 4.55. The average molecular weight is 340 g/mol. The Hall–Kier alpha value is -0.990. The van der Waals surface area contributed by atoms with E-state index < -0.39 is 10.2 Å². The van der Waals surface area contributed by atoms with Crippen LogP contribution in [-0.4, -0.2) is 61.6 Å². The standard InChI is InChI=1S/C16H24N2O4S/c19-14-16(6-7-16)13-18(12-15-4-2-1-3-5-15)23(20,21)17-8-10-22-11-9-17/h1-5,19H,6-14H2. The molecule has 0 radical (unpaired) electrons. The number of morpholine rings is 1. The summed E-state index contributed by atoms with van der Waals surface area (Å²) in [6.07, 6.45) is 1.76. The van der Waals surface area contributed by atoms with Crippen molar-refractivity contribution < 1.29 is 18.3 Å². The molecule has 1 saturated heterocycles. The normalized spacial score (nSPS) is 21.5. The minimum atomic E-state index is -3.55. The zero-order chi connectivity index (χ0) is 16.3. The van der Waals surface area contributed by atoms with Crippen molar-refractivity contribution in [1.29, 1.82) is 0 Å². The van der Waals surface area contributed by atoms with Crippen molar-refractivity contribution in [3.8, 4) is 0 Å². The van der Waals surface area contributed by atoms with Crippen LogP contribution in [0.15, 0.2) is 30.3 Å². The van der Waals surface area contributed by atoms with Crippen molar-refractivity contribution in [1.82, 2.24) is 8.61 Å². The molecule has 0 spiro atoms. The molecule has 7 heteroatoms. The summed E-state index contributed by atoms with van der Waals surface area (Å²) in [5.41, 5.74) is 0.701. The molecule has 3 rings (SSSR count). The zero-order valence-corrected chi connectivity index (χ0v) is 14.0. The summed E-state index contributed by atoms with van der Waals surface area (Å²) in [6.45, 7) is 2.39. The Balaban J connectivity index is 1.81. The molecule has 0 bridgehead atoms. The highest BCUT2D eigenvalue weighted by Crippen LogP contribution is 2.46. The van der Waals surface area contributed by atoms with Gasteiger partial charge in [-0.05, 0) is 18.4 Å². The molecule has 0 amide bonds. The van der Waals surface area contributed by atoms with E-state index in [1.54, 1.807) is 0 Å². The fraction of sp³-hybridized carbons (Fsp3) is 0.625. The average Bonchev–Trinajstić information content (AvgIpc) is 3.36. The summed E-state index contributed by atoms with van der Waals surface area (Å²) in [5.74, 6) is 0. The van der Waals surface area contributed by atoms with E-state index in [1.807, 2.05) is 30.3 Å². The van der Waals surface area contributed by atoms with Crippen LogP contribution in [0.25, 0.3) is 0 Å². The molecule has 6 nitrogen and oxygen atoms in total. The second kappa shape index (κ2) is 6.86. The molecule has 1 heterocycles. The number of nitrogens with zero attached hydrogens (tertiary/aromatic N) is 2. The van der Waals surface area contributed by atoms with Crippen molar-refractivity contribution in [3.63, 3.8) is 0 Å². The van der Waals surface area contributed by atoms with Gasteiger partial charge in [-0.25, -0.2) is 0 Å². The van der Waals surface area contributed by atoms with Crippen LogP contribution in [0, 0.1) is 5.41 Å². The van der Waals surface area contributed by atoms with E-state index in [1.165, 1.54) is 8.61 Å². The van der Waals surface area contributed by atoms with Crippen molar-refractivity contribution in [2.45, 2.75) is 19.4 Å². The number of hydrogen-bond acceptors (Lipinski definition) is 4. The highest BCUT2D eigenvalue weighted by Gasteiger charge is 2.46. The molecule has 1 aromatic carbocycles. The van der Waals surface area contributed by atoms with Gasteiger partial charge in [-0.3, -0.25) is 0 Å². The number of benzene rings is 1. The Kier molecular flexibility index (Phi) is 5.03. The molecular weight excluding hydrogens is 316 g/mol. The van der Waals surface area contributed by atoms with Crippen molar-refractivity contribution >= 4 is 10.2 Å². The minimum absolute atomic E-state index is 0.0386. The molecule has 0 atom stereocenters. The molecule has 23 heavy (non-hydrogen) atoms. The first kappa shape index (κ1) is 16.9. The number of aliphatic hydroxyl groups is 1. The maximum atomic E-state index is 13.0. The summed E-state index contributed by atoms with van der Waals surface area (Å²) in [5, 5.41) is 9.59. The van der Waals surface area contributed by atoms with Gasteiger partial charge in [0.2, 0.25) is 0 Å². The van der Waals surface area contributed by atoms with Gasteiger partial charge in [0.25, 0.3) is 10.2 Å². The highest BCUT2D eigenvalue weighted by atomic mass is 32.2. The van der Waals surface area contributed by atoms with Gasteiger partial charge in [-0.1, -0.05) is 30.3 Å². The summed E-state index contributed by atoms with van der Waals surface area (Å²) >= 11 is 0. The highest BCUT2D eigenvalue weighted by molar-refractivity contribution is 7.86. The van der Waals surface area contributed by atoms with Gasteiger partial charge in [0.15, 0.2) is 0 Å². The summed E-state index contributed by atoms with van der Waals surface area (Å²) in [6, 6.07) is 9.60. The number of hydrogen-bond donors (Lipinski definition) is 1. The largest absolute Gasteiger partial charge is 0.396 e. The van der Waals surface area contributed by atoms with Crippen LogP contribution in [0.5, 0.6) is 0 Å². The van der Waals surface area contributed by atoms with Gasteiger partial charge < -0.3 is 9.84 Å². The van der Waals surface area contributed by atoms with E-state index in [0.717, 1.165) is 18.4 Å². The first-order valence-electron chi connectivity index (χ1n) is 8.04. The second-order valence-electron chi connectivity index (χ2n) is 6.43. The third kappa shape index (κ3) is 3.92. The van der Waals surface area contributed by atoms with Crippen LogP contribution >= 0.6 is 0 Å². The summed E-state index contributed by atoms with van der Waals surface area (Å²) in [4.78, 5) is 0. The number of aliphatic hydroxyl groups excluding tert-OH is 1. The van der Waals surface area contributed by atoms with Gasteiger partial charge in [0.1, 0.15) is 0 Å². The van der Waals surface area contributed by atoms with Crippen LogP contribution in [0.3, 0.4) is 0 Å². The lowest BCUT2D eigenvalue weighted by molar-refractivity contribution is 0.0689. The second-order valence-corrected chi connectivity index (χ2v) is 8.36. The maximum Gasteiger partial charge on any atom is 0.282 e. The van der Waals surface area contributed by atoms with E-state index in [-0.39, 0.29) is 12.0 Å². The molecule has 1 aliphatic carbocycles. The molecule has 0 aromatic heterocycles. The molecule has 128 valence electrons. The lowest BCUT2D eigenvalue weighted by Crippen LogP contribution is -2.50. The minimum Gasteiger partial charge on any atom is -0.396 e. The maximum absolute atomic E-state index is 13.0. The topological polar surface area (TPSA) is 70.1 Å². The number of rotatable bonds is 7. The van der Waals surface area contributed by atoms with Crippen molar-refractivity contribution in [2.75, 3.05) is 39.5 Å². The first-order chi connectivity index (χ1) is 11.1. The molecule has 1 N–H and O–H groups in total. The molecule has 1 aliphatic heterocycles. The van der Waals surface area contributed by atoms with Gasteiger partial charge in [-0.15, -0.1) is 0 Å². The van der Waals surface area contributed by atoms with Gasteiger partial charge >= 0.3 is 0 Å². The fourth-order valence-electron chi connectivity index (χ4n) is 2.86. The van der Waals surface area contributed by atoms with Gasteiger partial charge in [-0.2, -0.15) is 17.0 Å². The van der Waals surface area contributed by atoms with Crippen LogP contribution < -0.4 is 0 Å². The van der Waals surface area contributed by atoms with Crippen LogP contribution in [0.1, 0.15) is 18.4 Å². The molecule has 1 saturated carbocycles. The lowest BCUT2D eigenvalue weighted by atomic mass is 10.1. The van der Waals surface area contributed by atoms with Gasteiger partial charge in [0.05, 0.1) is 13.2 Å². The molecule has 0 unspecified atom stereocenters. The molecule has 2 fully saturated rings. The van der Waals surface area contributed by atoms with E-state index in [0.29, 0.717) is 39.4 Å². The third-order valence-corrected chi connectivity index (χ3v) is 6.56. The lowest BCUT2D eigenvalue weighted by Gasteiger charge is -2.33. The Bertz CT molecular complexity index is 610. The van der Waals surface area contributed by atoms with E-state index in [4.69, 9.17) is 4.74 Å². The molecular formula is C16H24N2O4S. The predicted molar refractivity (Wildman–Crippen MR) is 86.9 cm³/mol. The predicted octanol–water partition coefficient (Wildman–Crippen LogP) is 0.838. The number of ether oxygens (including phenoxy) is 1. The van der Waals surface area contributed by atoms with Crippen LogP contribution in [-0.2, 0) is 21.5 Å². The SMILES string of the molecule is O=S(=O)(N1CCOCC1)N(Cc1ccccc1)CC1(CO)CC1. The van der Waals surface area contributed by atoms with Crippen molar-refractivity contribution in [2.24, 2.45) is 5.41 Å². The Labute approximate surface area is 137 Å². The summed E-state index contributed by atoms with van der Waals surface area (Å²) in [7, 11) is -3.55. The van der Waals surface area contributed by atoms with E-state index >= 15 is 0 Å². The van der Waals surface area contributed by atoms with Crippen LogP contribution in [0.4, 0.5) is 0 Å². The first-order valence-corrected chi connectivity index (χ1v) is 9.43. The van der Waals surface area contributed by atoms with E-state index in [2.05, 4.69) is 0 Å². The van der Waals surface area contributed by atoms with Gasteiger partial charge in [0, 0.05) is 38.2 Å². The Morgan fingerprint density at radius 3 is 2.39 bits per heavy atom.